The predicted octanol–water partition coefficient (Wildman–Crippen LogP) is 1.87. The highest BCUT2D eigenvalue weighted by Gasteiger charge is 2.34. The number of ether oxygens (including phenoxy) is 1. The van der Waals surface area contributed by atoms with Crippen LogP contribution in [0, 0.1) is 5.41 Å². The van der Waals surface area contributed by atoms with Crippen molar-refractivity contribution < 1.29 is 22.7 Å². The molecule has 19 heavy (non-hydrogen) atoms. The molecule has 0 saturated carbocycles. The minimum atomic E-state index is -4.49. The van der Waals surface area contributed by atoms with Crippen LogP contribution in [0.1, 0.15) is 23.0 Å². The quantitative estimate of drug-likeness (QED) is 0.915. The first kappa shape index (κ1) is 13.8. The molecule has 7 heteroatoms. The Balaban J connectivity index is 1.96. The largest absolute Gasteiger partial charge is 0.433 e. The summed E-state index contributed by atoms with van der Waals surface area (Å²) >= 11 is 0. The summed E-state index contributed by atoms with van der Waals surface area (Å²) in [5, 5.41) is 2.66. The van der Waals surface area contributed by atoms with Gasteiger partial charge >= 0.3 is 6.18 Å². The molecule has 1 amide bonds. The van der Waals surface area contributed by atoms with Crippen molar-refractivity contribution in [1.82, 2.24) is 10.3 Å². The van der Waals surface area contributed by atoms with Crippen molar-refractivity contribution in [2.75, 3.05) is 19.8 Å². The summed E-state index contributed by atoms with van der Waals surface area (Å²) in [4.78, 5) is 15.0. The Bertz CT molecular complexity index is 467. The van der Waals surface area contributed by atoms with Crippen LogP contribution in [-0.2, 0) is 10.9 Å². The molecule has 0 unspecified atom stereocenters. The summed E-state index contributed by atoms with van der Waals surface area (Å²) in [6.45, 7) is 3.52. The molecule has 1 N–H and O–H groups in total. The van der Waals surface area contributed by atoms with Crippen molar-refractivity contribution in [3.8, 4) is 0 Å². The topological polar surface area (TPSA) is 51.2 Å². The first-order chi connectivity index (χ1) is 8.80. The van der Waals surface area contributed by atoms with Gasteiger partial charge in [-0.05, 0) is 12.1 Å². The van der Waals surface area contributed by atoms with Gasteiger partial charge in [0.15, 0.2) is 0 Å². The van der Waals surface area contributed by atoms with Gasteiger partial charge in [-0.25, -0.2) is 0 Å². The monoisotopic (exact) mass is 274 g/mol. The molecule has 104 valence electrons. The molecule has 0 radical (unpaired) electrons. The number of nitrogens with one attached hydrogen (secondary N) is 1. The Morgan fingerprint density at radius 1 is 1.47 bits per heavy atom. The molecule has 0 atom stereocenters. The molecule has 0 spiro atoms. The van der Waals surface area contributed by atoms with Gasteiger partial charge in [-0.3, -0.25) is 9.78 Å². The minimum absolute atomic E-state index is 0.0883. The summed E-state index contributed by atoms with van der Waals surface area (Å²) in [7, 11) is 0. The van der Waals surface area contributed by atoms with Gasteiger partial charge < -0.3 is 10.1 Å². The molecule has 0 aromatic carbocycles. The van der Waals surface area contributed by atoms with Crippen LogP contribution in [0.5, 0.6) is 0 Å². The summed E-state index contributed by atoms with van der Waals surface area (Å²) in [5.41, 5.74) is -0.991. The number of halogens is 3. The van der Waals surface area contributed by atoms with Crippen LogP contribution in [0.2, 0.25) is 0 Å². The third kappa shape index (κ3) is 3.23. The predicted molar refractivity (Wildman–Crippen MR) is 60.5 cm³/mol. The number of hydrogen-bond acceptors (Lipinski definition) is 3. The van der Waals surface area contributed by atoms with Crippen molar-refractivity contribution >= 4 is 5.91 Å². The molecule has 0 aliphatic carbocycles. The first-order valence-electron chi connectivity index (χ1n) is 5.69. The van der Waals surface area contributed by atoms with Crippen LogP contribution in [-0.4, -0.2) is 30.6 Å². The zero-order valence-electron chi connectivity index (χ0n) is 10.3. The molecule has 1 aromatic heterocycles. The van der Waals surface area contributed by atoms with Gasteiger partial charge in [-0.1, -0.05) is 6.92 Å². The van der Waals surface area contributed by atoms with Gasteiger partial charge in [0.1, 0.15) is 5.69 Å². The van der Waals surface area contributed by atoms with Gasteiger partial charge in [-0.2, -0.15) is 13.2 Å². The van der Waals surface area contributed by atoms with Crippen LogP contribution < -0.4 is 5.32 Å². The Kier molecular flexibility index (Phi) is 3.49. The number of hydrogen-bond donors (Lipinski definition) is 1. The van der Waals surface area contributed by atoms with Crippen LogP contribution in [0.25, 0.3) is 0 Å². The lowest BCUT2D eigenvalue weighted by molar-refractivity contribution is -0.141. The van der Waals surface area contributed by atoms with Gasteiger partial charge in [0, 0.05) is 18.2 Å². The van der Waals surface area contributed by atoms with Crippen LogP contribution in [0.3, 0.4) is 0 Å². The molecule has 1 aliphatic rings. The molecular weight excluding hydrogens is 261 g/mol. The van der Waals surface area contributed by atoms with E-state index in [0.717, 1.165) is 18.3 Å². The Hall–Kier alpha value is -1.63. The van der Waals surface area contributed by atoms with E-state index in [9.17, 15) is 18.0 Å². The Morgan fingerprint density at radius 3 is 2.58 bits per heavy atom. The van der Waals surface area contributed by atoms with Crippen LogP contribution in [0.4, 0.5) is 13.2 Å². The van der Waals surface area contributed by atoms with E-state index in [4.69, 9.17) is 4.74 Å². The summed E-state index contributed by atoms with van der Waals surface area (Å²) in [6, 6.07) is 1.91. The Morgan fingerprint density at radius 2 is 2.16 bits per heavy atom. The van der Waals surface area contributed by atoms with Crippen molar-refractivity contribution in [1.29, 1.82) is 0 Å². The number of rotatable bonds is 3. The first-order valence-corrected chi connectivity index (χ1v) is 5.69. The summed E-state index contributed by atoms with van der Waals surface area (Å²) < 4.78 is 41.9. The number of alkyl halides is 3. The second-order valence-corrected chi connectivity index (χ2v) is 4.92. The van der Waals surface area contributed by atoms with E-state index in [-0.39, 0.29) is 11.0 Å². The number of nitrogens with zero attached hydrogens (tertiary/aromatic N) is 1. The average Bonchev–Trinajstić information content (AvgIpc) is 2.33. The maximum absolute atomic E-state index is 12.3. The standard InChI is InChI=1S/C12H13F3N2O2/c1-11(6-19-7-11)5-17-10(18)8-2-3-9(16-4-8)12(13,14)15/h2-4H,5-7H2,1H3,(H,17,18). The fraction of sp³-hybridized carbons (Fsp3) is 0.500. The van der Waals surface area contributed by atoms with E-state index in [2.05, 4.69) is 10.3 Å². The van der Waals surface area contributed by atoms with Crippen molar-refractivity contribution in [2.24, 2.45) is 5.41 Å². The lowest BCUT2D eigenvalue weighted by Crippen LogP contribution is -2.48. The molecule has 1 aromatic rings. The molecule has 0 bridgehead atoms. The minimum Gasteiger partial charge on any atom is -0.380 e. The maximum Gasteiger partial charge on any atom is 0.433 e. The number of carbonyl (C=O) groups excluding carboxylic acids is 1. The van der Waals surface area contributed by atoms with Gasteiger partial charge in [0.25, 0.3) is 5.91 Å². The van der Waals surface area contributed by atoms with E-state index < -0.39 is 17.8 Å². The number of aromatic nitrogens is 1. The fourth-order valence-electron chi connectivity index (χ4n) is 1.64. The van der Waals surface area contributed by atoms with Crippen LogP contribution >= 0.6 is 0 Å². The molecule has 2 rings (SSSR count). The van der Waals surface area contributed by atoms with E-state index in [1.54, 1.807) is 0 Å². The van der Waals surface area contributed by atoms with E-state index in [1.807, 2.05) is 6.92 Å². The normalized spacial score (nSPS) is 17.7. The zero-order valence-corrected chi connectivity index (χ0v) is 10.3. The zero-order chi connectivity index (χ0) is 14.1. The molecular formula is C12H13F3N2O2. The highest BCUT2D eigenvalue weighted by atomic mass is 19.4. The lowest BCUT2D eigenvalue weighted by Gasteiger charge is -2.38. The molecule has 4 nitrogen and oxygen atoms in total. The van der Waals surface area contributed by atoms with Crippen molar-refractivity contribution in [2.45, 2.75) is 13.1 Å². The molecule has 2 heterocycles. The molecule has 1 saturated heterocycles. The number of carbonyl (C=O) groups is 1. The maximum atomic E-state index is 12.3. The second-order valence-electron chi connectivity index (χ2n) is 4.92. The highest BCUT2D eigenvalue weighted by molar-refractivity contribution is 5.93. The van der Waals surface area contributed by atoms with Gasteiger partial charge in [0.05, 0.1) is 18.8 Å². The fourth-order valence-corrected chi connectivity index (χ4v) is 1.64. The third-order valence-corrected chi connectivity index (χ3v) is 2.89. The van der Waals surface area contributed by atoms with Crippen molar-refractivity contribution in [3.05, 3.63) is 29.6 Å². The van der Waals surface area contributed by atoms with Crippen LogP contribution in [0.15, 0.2) is 18.3 Å². The highest BCUT2D eigenvalue weighted by Crippen LogP contribution is 2.27. The van der Waals surface area contributed by atoms with Crippen molar-refractivity contribution in [3.63, 3.8) is 0 Å². The summed E-state index contributed by atoms with van der Waals surface area (Å²) in [6.07, 6.45) is -3.57. The smallest absolute Gasteiger partial charge is 0.380 e. The van der Waals surface area contributed by atoms with E-state index >= 15 is 0 Å². The third-order valence-electron chi connectivity index (χ3n) is 2.89. The Labute approximate surface area is 108 Å². The second kappa shape index (κ2) is 4.80. The summed E-state index contributed by atoms with van der Waals surface area (Å²) in [5.74, 6) is -0.436. The van der Waals surface area contributed by atoms with E-state index in [1.165, 1.54) is 0 Å². The lowest BCUT2D eigenvalue weighted by atomic mass is 9.89. The SMILES string of the molecule is CC1(CNC(=O)c2ccc(C(F)(F)F)nc2)COC1. The number of amides is 1. The van der Waals surface area contributed by atoms with Gasteiger partial charge in [0.2, 0.25) is 0 Å². The average molecular weight is 274 g/mol. The molecule has 1 aliphatic heterocycles. The van der Waals surface area contributed by atoms with E-state index in [0.29, 0.717) is 19.8 Å². The molecule has 1 fully saturated rings. The van der Waals surface area contributed by atoms with Gasteiger partial charge in [-0.15, -0.1) is 0 Å². The number of pyridine rings is 1.